The van der Waals surface area contributed by atoms with Crippen molar-refractivity contribution in [1.29, 1.82) is 0 Å². The number of nitrogens with zero attached hydrogens (tertiary/aromatic N) is 4. The molecule has 0 spiro atoms. The standard InChI is InChI=1S/C47H51ClN10O5/c1-49-43(60)37-7-2-3-8-39(37)54-42-38(48)27-51-46(56-42)52-34-12-10-30(11-13-34)31-21-24-57(25-22-31)47(63)53-35-16-14-33(15-17-35)50-23-5-4-6-29-9-18-36-32(26-29)28-58(45(36)62)40-19-20-41(59)55-44(40)61/h2-3,7-13,18,26-27,31,33,35,40,50H,5,14-17,19-25,28H2,1H3,(H,49,60)(H,53,63)(H,55,59,61)(H2,51,52,54,56)/t33-,35-,40?. The molecule has 15 nitrogen and oxygen atoms in total. The molecule has 3 fully saturated rings. The highest BCUT2D eigenvalue weighted by atomic mass is 35.5. The summed E-state index contributed by atoms with van der Waals surface area (Å²) in [5.41, 5.74) is 5.35. The van der Waals surface area contributed by atoms with Crippen LogP contribution < -0.4 is 31.9 Å². The van der Waals surface area contributed by atoms with Gasteiger partial charge in [0.15, 0.2) is 5.82 Å². The number of halogens is 1. The molecule has 4 heterocycles. The number of fused-ring (bicyclic) bond motifs is 1. The molecule has 8 rings (SSSR count). The topological polar surface area (TPSA) is 190 Å². The van der Waals surface area contributed by atoms with Crippen molar-refractivity contribution in [2.75, 3.05) is 37.3 Å². The molecule has 6 amide bonds. The number of para-hydroxylation sites is 1. The van der Waals surface area contributed by atoms with Gasteiger partial charge in [0.1, 0.15) is 11.1 Å². The number of hydrogen-bond acceptors (Lipinski definition) is 10. The van der Waals surface area contributed by atoms with Crippen molar-refractivity contribution in [3.05, 3.63) is 106 Å². The molecule has 4 aliphatic rings. The summed E-state index contributed by atoms with van der Waals surface area (Å²) >= 11 is 6.41. The van der Waals surface area contributed by atoms with Gasteiger partial charge in [-0.2, -0.15) is 4.98 Å². The van der Waals surface area contributed by atoms with Crippen molar-refractivity contribution in [3.63, 3.8) is 0 Å². The molecule has 63 heavy (non-hydrogen) atoms. The van der Waals surface area contributed by atoms with E-state index in [0.29, 0.717) is 78.0 Å². The summed E-state index contributed by atoms with van der Waals surface area (Å²) in [6.45, 7) is 2.51. The summed E-state index contributed by atoms with van der Waals surface area (Å²) in [6, 6.07) is 20.8. The van der Waals surface area contributed by atoms with Crippen LogP contribution in [0.2, 0.25) is 5.02 Å². The minimum atomic E-state index is -0.630. The lowest BCUT2D eigenvalue weighted by atomic mass is 9.89. The molecule has 3 aliphatic heterocycles. The highest BCUT2D eigenvalue weighted by Crippen LogP contribution is 2.32. The zero-order chi connectivity index (χ0) is 43.9. The molecule has 1 atom stereocenters. The first kappa shape index (κ1) is 43.2. The van der Waals surface area contributed by atoms with E-state index in [4.69, 9.17) is 11.6 Å². The lowest BCUT2D eigenvalue weighted by Crippen LogP contribution is -2.52. The number of carbonyl (C=O) groups excluding carboxylic acids is 5. The lowest BCUT2D eigenvalue weighted by Gasteiger charge is -2.35. The van der Waals surface area contributed by atoms with Gasteiger partial charge in [0.05, 0.1) is 17.4 Å². The average Bonchev–Trinajstić information content (AvgIpc) is 3.62. The lowest BCUT2D eigenvalue weighted by molar-refractivity contribution is -0.136. The first-order chi connectivity index (χ1) is 30.6. The van der Waals surface area contributed by atoms with Crippen molar-refractivity contribution in [3.8, 4) is 11.8 Å². The number of amides is 6. The Morgan fingerprint density at radius 1 is 0.905 bits per heavy atom. The fraction of sp³-hybridized carbons (Fsp3) is 0.383. The number of hydrogen-bond donors (Lipinski definition) is 6. The van der Waals surface area contributed by atoms with E-state index in [1.807, 2.05) is 35.2 Å². The van der Waals surface area contributed by atoms with Gasteiger partial charge in [-0.1, -0.05) is 47.7 Å². The maximum absolute atomic E-state index is 13.3. The van der Waals surface area contributed by atoms with Gasteiger partial charge in [0.25, 0.3) is 11.8 Å². The molecule has 2 saturated heterocycles. The van der Waals surface area contributed by atoms with E-state index in [9.17, 15) is 24.0 Å². The molecule has 4 aromatic rings. The number of urea groups is 1. The Kier molecular flexibility index (Phi) is 13.5. The fourth-order valence-electron chi connectivity index (χ4n) is 8.81. The monoisotopic (exact) mass is 870 g/mol. The van der Waals surface area contributed by atoms with Crippen LogP contribution in [0.3, 0.4) is 0 Å². The van der Waals surface area contributed by atoms with Gasteiger partial charge in [-0.25, -0.2) is 9.78 Å². The van der Waals surface area contributed by atoms with Crippen LogP contribution >= 0.6 is 11.6 Å². The molecule has 0 bridgehead atoms. The summed E-state index contributed by atoms with van der Waals surface area (Å²) in [4.78, 5) is 74.9. The van der Waals surface area contributed by atoms with Gasteiger partial charge in [-0.15, -0.1) is 0 Å². The van der Waals surface area contributed by atoms with Gasteiger partial charge in [-0.05, 0) is 104 Å². The first-order valence-corrected chi connectivity index (χ1v) is 22.0. The zero-order valence-corrected chi connectivity index (χ0v) is 35.9. The number of benzene rings is 3. The number of piperidine rings is 2. The molecule has 6 N–H and O–H groups in total. The van der Waals surface area contributed by atoms with Crippen LogP contribution in [0.15, 0.2) is 72.9 Å². The summed E-state index contributed by atoms with van der Waals surface area (Å²) in [5, 5.41) is 18.6. The first-order valence-electron chi connectivity index (χ1n) is 21.6. The third-order valence-electron chi connectivity index (χ3n) is 12.3. The zero-order valence-electron chi connectivity index (χ0n) is 35.1. The van der Waals surface area contributed by atoms with Crippen molar-refractivity contribution < 1.29 is 24.0 Å². The molecule has 1 unspecified atom stereocenters. The number of rotatable bonds is 11. The van der Waals surface area contributed by atoms with Crippen molar-refractivity contribution in [2.24, 2.45) is 0 Å². The Bertz CT molecular complexity index is 2440. The van der Waals surface area contributed by atoms with E-state index in [0.717, 1.165) is 61.9 Å². The summed E-state index contributed by atoms with van der Waals surface area (Å²) in [5.74, 6) is 6.42. The van der Waals surface area contributed by atoms with Gasteiger partial charge >= 0.3 is 6.03 Å². The number of carbonyl (C=O) groups is 5. The Hall–Kier alpha value is -6.50. The molecule has 1 aliphatic carbocycles. The van der Waals surface area contributed by atoms with Gasteiger partial charge in [-0.3, -0.25) is 24.5 Å². The normalized spacial score (nSPS) is 20.0. The predicted octanol–water partition coefficient (Wildman–Crippen LogP) is 5.97. The smallest absolute Gasteiger partial charge is 0.317 e. The number of imide groups is 1. The van der Waals surface area contributed by atoms with Gasteiger partial charge in [0.2, 0.25) is 17.8 Å². The quantitative estimate of drug-likeness (QED) is 0.0596. The SMILES string of the molecule is CNC(=O)c1ccccc1Nc1nc(Nc2ccc(C3CCN(C(=O)N[C@H]4CC[C@H](NCCC#Cc5ccc6c(c5)CN(C5CCC(=O)NC5=O)C6=O)CC4)CC3)cc2)ncc1Cl. The molecule has 326 valence electrons. The van der Waals surface area contributed by atoms with Crippen LogP contribution in [0, 0.1) is 11.8 Å². The van der Waals surface area contributed by atoms with E-state index in [-0.39, 0.29) is 36.2 Å². The van der Waals surface area contributed by atoms with E-state index >= 15 is 0 Å². The number of aromatic nitrogens is 2. The summed E-state index contributed by atoms with van der Waals surface area (Å²) < 4.78 is 0. The molecule has 16 heteroatoms. The molecule has 3 aromatic carbocycles. The largest absolute Gasteiger partial charge is 0.355 e. The van der Waals surface area contributed by atoms with Crippen molar-refractivity contribution in [2.45, 2.75) is 88.4 Å². The van der Waals surface area contributed by atoms with Crippen LogP contribution in [-0.2, 0) is 16.1 Å². The van der Waals surface area contributed by atoms with E-state index < -0.39 is 11.9 Å². The molecule has 0 radical (unpaired) electrons. The second-order valence-corrected chi connectivity index (χ2v) is 16.8. The second-order valence-electron chi connectivity index (χ2n) is 16.4. The Morgan fingerprint density at radius 2 is 1.67 bits per heavy atom. The number of anilines is 4. The average molecular weight is 871 g/mol. The molecule has 1 aromatic heterocycles. The van der Waals surface area contributed by atoms with E-state index in [1.54, 1.807) is 36.2 Å². The third kappa shape index (κ3) is 10.4. The van der Waals surface area contributed by atoms with Crippen molar-refractivity contribution >= 4 is 64.4 Å². The van der Waals surface area contributed by atoms with E-state index in [2.05, 4.69) is 65.8 Å². The molecular weight excluding hydrogens is 820 g/mol. The fourth-order valence-corrected chi connectivity index (χ4v) is 8.95. The highest BCUT2D eigenvalue weighted by molar-refractivity contribution is 6.33. The summed E-state index contributed by atoms with van der Waals surface area (Å²) in [7, 11) is 1.58. The van der Waals surface area contributed by atoms with Gasteiger partial charge in [0, 0.05) is 75.0 Å². The van der Waals surface area contributed by atoms with E-state index in [1.165, 1.54) is 11.8 Å². The maximum atomic E-state index is 13.3. The van der Waals surface area contributed by atoms with Crippen LogP contribution in [0.4, 0.5) is 27.9 Å². The van der Waals surface area contributed by atoms with Crippen LogP contribution in [0.5, 0.6) is 0 Å². The Balaban J connectivity index is 0.726. The number of nitrogens with one attached hydrogen (secondary N) is 6. The third-order valence-corrected chi connectivity index (χ3v) is 12.6. The number of likely N-dealkylation sites (tertiary alicyclic amines) is 1. The Morgan fingerprint density at radius 3 is 2.43 bits per heavy atom. The van der Waals surface area contributed by atoms with Crippen molar-refractivity contribution in [1.82, 2.24) is 41.0 Å². The van der Waals surface area contributed by atoms with Crippen LogP contribution in [0.25, 0.3) is 0 Å². The van der Waals surface area contributed by atoms with Crippen LogP contribution in [-0.4, -0.2) is 94.2 Å². The highest BCUT2D eigenvalue weighted by Gasteiger charge is 2.39. The predicted molar refractivity (Wildman–Crippen MR) is 240 cm³/mol. The molecular formula is C47H51ClN10O5. The minimum absolute atomic E-state index is 0.0215. The van der Waals surface area contributed by atoms with Gasteiger partial charge < -0.3 is 36.4 Å². The van der Waals surface area contributed by atoms with Crippen LogP contribution in [0.1, 0.15) is 101 Å². The summed E-state index contributed by atoms with van der Waals surface area (Å²) in [6.07, 6.45) is 8.38. The Labute approximate surface area is 371 Å². The minimum Gasteiger partial charge on any atom is -0.355 e. The second kappa shape index (κ2) is 19.7. The molecule has 1 saturated carbocycles. The maximum Gasteiger partial charge on any atom is 0.317 e.